The summed E-state index contributed by atoms with van der Waals surface area (Å²) in [4.78, 5) is 76.9. The van der Waals surface area contributed by atoms with Gasteiger partial charge in [-0.15, -0.1) is 0 Å². The van der Waals surface area contributed by atoms with Crippen molar-refractivity contribution in [3.8, 4) is 5.75 Å². The van der Waals surface area contributed by atoms with Crippen molar-refractivity contribution in [1.82, 2.24) is 20.9 Å². The van der Waals surface area contributed by atoms with Crippen LogP contribution in [0.1, 0.15) is 30.4 Å². The van der Waals surface area contributed by atoms with Crippen molar-refractivity contribution in [1.29, 1.82) is 0 Å². The van der Waals surface area contributed by atoms with Gasteiger partial charge in [0.15, 0.2) is 0 Å². The Morgan fingerprint density at radius 2 is 1.39 bits per heavy atom. The molecule has 0 saturated heterocycles. The van der Waals surface area contributed by atoms with Gasteiger partial charge in [0.1, 0.15) is 23.9 Å². The maximum absolute atomic E-state index is 13.7. The predicted molar refractivity (Wildman–Crippen MR) is 156 cm³/mol. The Kier molecular flexibility index (Phi) is 11.4. The van der Waals surface area contributed by atoms with Crippen LogP contribution in [0.2, 0.25) is 0 Å². The van der Waals surface area contributed by atoms with E-state index in [9.17, 15) is 39.0 Å². The van der Waals surface area contributed by atoms with Crippen LogP contribution in [-0.2, 0) is 41.6 Å². The van der Waals surface area contributed by atoms with E-state index in [4.69, 9.17) is 16.6 Å². The maximum Gasteiger partial charge on any atom is 0.326 e. The summed E-state index contributed by atoms with van der Waals surface area (Å²) in [6.45, 7) is 0. The third-order valence-electron chi connectivity index (χ3n) is 6.77. The fourth-order valence-electron chi connectivity index (χ4n) is 4.43. The minimum absolute atomic E-state index is 0.0305. The summed E-state index contributed by atoms with van der Waals surface area (Å²) < 4.78 is 0. The first kappa shape index (κ1) is 33.1. The molecule has 4 amide bonds. The molecule has 0 fully saturated rings. The number of aromatic amines is 1. The number of benzene rings is 2. The number of carboxylic acids is 2. The number of nitrogens with two attached hydrogens (primary N) is 2. The number of carbonyl (C=O) groups excluding carboxylic acids is 4. The Labute approximate surface area is 251 Å². The van der Waals surface area contributed by atoms with E-state index < -0.39 is 66.2 Å². The van der Waals surface area contributed by atoms with E-state index in [-0.39, 0.29) is 31.4 Å². The Hall–Kier alpha value is -5.44. The number of fused-ring (bicyclic) bond motifs is 1. The SMILES string of the molecule is NC(=O)CCC(N)C(=O)NC(Cc1ccc(O)cc1)C(=O)NC(Cc1c[nH]c2ccccc12)C(=O)NC(CC(=O)O)C(=O)O. The molecule has 3 aromatic rings. The van der Waals surface area contributed by atoms with Gasteiger partial charge in [-0.3, -0.25) is 24.0 Å². The quantitative estimate of drug-likeness (QED) is 0.0980. The summed E-state index contributed by atoms with van der Waals surface area (Å²) in [7, 11) is 0. The zero-order valence-corrected chi connectivity index (χ0v) is 23.5. The number of hydrogen-bond acceptors (Lipinski definition) is 8. The highest BCUT2D eigenvalue weighted by Gasteiger charge is 2.32. The summed E-state index contributed by atoms with van der Waals surface area (Å²) in [6, 6.07) is 7.27. The van der Waals surface area contributed by atoms with Crippen molar-refractivity contribution in [3.63, 3.8) is 0 Å². The van der Waals surface area contributed by atoms with Gasteiger partial charge >= 0.3 is 11.9 Å². The molecule has 44 heavy (non-hydrogen) atoms. The van der Waals surface area contributed by atoms with Crippen LogP contribution in [0.15, 0.2) is 54.7 Å². The molecule has 2 aromatic carbocycles. The second kappa shape index (κ2) is 15.2. The molecular formula is C29H34N6O9. The molecule has 4 atom stereocenters. The number of aromatic hydroxyl groups is 1. The lowest BCUT2D eigenvalue weighted by molar-refractivity contribution is -0.147. The van der Waals surface area contributed by atoms with Crippen LogP contribution in [0.25, 0.3) is 10.9 Å². The molecule has 4 unspecified atom stereocenters. The topological polar surface area (TPSA) is 267 Å². The number of carbonyl (C=O) groups is 6. The fraction of sp³-hybridized carbons (Fsp3) is 0.310. The number of para-hydroxylation sites is 1. The number of primary amides is 1. The number of amides is 4. The number of aliphatic carboxylic acids is 2. The van der Waals surface area contributed by atoms with Gasteiger partial charge in [0.05, 0.1) is 12.5 Å². The lowest BCUT2D eigenvalue weighted by atomic mass is 10.0. The smallest absolute Gasteiger partial charge is 0.326 e. The van der Waals surface area contributed by atoms with Gasteiger partial charge in [0.25, 0.3) is 0 Å². The molecule has 0 aliphatic heterocycles. The number of aromatic nitrogens is 1. The second-order valence-corrected chi connectivity index (χ2v) is 10.2. The first-order valence-corrected chi connectivity index (χ1v) is 13.6. The third-order valence-corrected chi connectivity index (χ3v) is 6.77. The summed E-state index contributed by atoms with van der Waals surface area (Å²) in [5.41, 5.74) is 12.9. The van der Waals surface area contributed by atoms with E-state index in [2.05, 4.69) is 20.9 Å². The second-order valence-electron chi connectivity index (χ2n) is 10.2. The van der Waals surface area contributed by atoms with Crippen LogP contribution in [0.3, 0.4) is 0 Å². The predicted octanol–water partition coefficient (Wildman–Crippen LogP) is -0.735. The lowest BCUT2D eigenvalue weighted by Crippen LogP contribution is -2.58. The number of phenolic OH excluding ortho intramolecular Hbond substituents is 1. The van der Waals surface area contributed by atoms with E-state index in [0.29, 0.717) is 11.1 Å². The van der Waals surface area contributed by atoms with Gasteiger partial charge in [-0.2, -0.15) is 0 Å². The van der Waals surface area contributed by atoms with E-state index in [1.165, 1.54) is 24.3 Å². The van der Waals surface area contributed by atoms with E-state index in [0.717, 1.165) is 10.9 Å². The first-order valence-electron chi connectivity index (χ1n) is 13.6. The minimum Gasteiger partial charge on any atom is -0.508 e. The van der Waals surface area contributed by atoms with Crippen molar-refractivity contribution in [3.05, 3.63) is 65.9 Å². The van der Waals surface area contributed by atoms with Crippen LogP contribution >= 0.6 is 0 Å². The zero-order valence-electron chi connectivity index (χ0n) is 23.5. The Bertz CT molecular complexity index is 1520. The molecule has 15 heteroatoms. The van der Waals surface area contributed by atoms with Crippen molar-refractivity contribution in [2.75, 3.05) is 0 Å². The number of H-pyrrole nitrogens is 1. The molecule has 0 aliphatic rings. The van der Waals surface area contributed by atoms with Gasteiger partial charge in [0, 0.05) is 36.4 Å². The fourth-order valence-corrected chi connectivity index (χ4v) is 4.43. The third kappa shape index (κ3) is 9.55. The average molecular weight is 611 g/mol. The molecule has 0 bridgehead atoms. The van der Waals surface area contributed by atoms with E-state index in [1.807, 2.05) is 0 Å². The molecule has 0 spiro atoms. The number of carboxylic acid groups (broad SMARTS) is 2. The van der Waals surface area contributed by atoms with Crippen LogP contribution in [-0.4, -0.2) is 80.0 Å². The summed E-state index contributed by atoms with van der Waals surface area (Å²) in [5.74, 6) is -6.31. The zero-order chi connectivity index (χ0) is 32.4. The summed E-state index contributed by atoms with van der Waals surface area (Å²) in [6.07, 6.45) is 0.240. The van der Waals surface area contributed by atoms with Crippen LogP contribution in [0, 0.1) is 0 Å². The minimum atomic E-state index is -1.78. The highest BCUT2D eigenvalue weighted by atomic mass is 16.4. The lowest BCUT2D eigenvalue weighted by Gasteiger charge is -2.25. The molecule has 11 N–H and O–H groups in total. The normalized spacial score (nSPS) is 13.7. The summed E-state index contributed by atoms with van der Waals surface area (Å²) >= 11 is 0. The van der Waals surface area contributed by atoms with Gasteiger partial charge in [-0.25, -0.2) is 4.79 Å². The number of rotatable bonds is 16. The standard InChI is InChI=1S/C29H34N6O9/c30-19(9-10-24(31)37)26(40)33-21(11-15-5-7-17(36)8-6-15)27(41)34-22(28(42)35-23(29(43)44)13-25(38)39)12-16-14-32-20-4-2-1-3-18(16)20/h1-8,14,19,21-23,32,36H,9-13,30H2,(H2,31,37)(H,33,40)(H,34,41)(H,35,42)(H,38,39)(H,43,44). The molecule has 234 valence electrons. The highest BCUT2D eigenvalue weighted by molar-refractivity contribution is 5.95. The highest BCUT2D eigenvalue weighted by Crippen LogP contribution is 2.20. The molecule has 3 rings (SSSR count). The van der Waals surface area contributed by atoms with Crippen LogP contribution in [0.4, 0.5) is 0 Å². The van der Waals surface area contributed by atoms with Crippen LogP contribution in [0.5, 0.6) is 5.75 Å². The molecule has 15 nitrogen and oxygen atoms in total. The van der Waals surface area contributed by atoms with E-state index >= 15 is 0 Å². The summed E-state index contributed by atoms with van der Waals surface area (Å²) in [5, 5.41) is 36.2. The monoisotopic (exact) mass is 610 g/mol. The van der Waals surface area contributed by atoms with Gasteiger partial charge in [-0.05, 0) is 35.7 Å². The van der Waals surface area contributed by atoms with Gasteiger partial charge < -0.3 is 47.7 Å². The van der Waals surface area contributed by atoms with Gasteiger partial charge in [-0.1, -0.05) is 30.3 Å². The van der Waals surface area contributed by atoms with E-state index in [1.54, 1.807) is 30.5 Å². The van der Waals surface area contributed by atoms with Crippen molar-refractivity contribution < 1.29 is 44.1 Å². The van der Waals surface area contributed by atoms with Gasteiger partial charge in [0.2, 0.25) is 23.6 Å². The number of hydrogen-bond donors (Lipinski definition) is 9. The number of nitrogens with one attached hydrogen (secondary N) is 4. The molecule has 0 saturated carbocycles. The first-order chi connectivity index (χ1) is 20.8. The molecular weight excluding hydrogens is 576 g/mol. The molecule has 1 heterocycles. The largest absolute Gasteiger partial charge is 0.508 e. The number of phenols is 1. The molecule has 0 radical (unpaired) electrons. The van der Waals surface area contributed by atoms with Crippen molar-refractivity contribution in [2.24, 2.45) is 11.5 Å². The van der Waals surface area contributed by atoms with Crippen LogP contribution < -0.4 is 27.4 Å². The van der Waals surface area contributed by atoms with Crippen molar-refractivity contribution >= 4 is 46.5 Å². The van der Waals surface area contributed by atoms with Crippen molar-refractivity contribution in [2.45, 2.75) is 56.3 Å². The Morgan fingerprint density at radius 1 is 0.795 bits per heavy atom. The Balaban J connectivity index is 1.90. The molecule has 0 aliphatic carbocycles. The molecule has 1 aromatic heterocycles. The maximum atomic E-state index is 13.7. The average Bonchev–Trinajstić information content (AvgIpc) is 3.38. The Morgan fingerprint density at radius 3 is 2.00 bits per heavy atom.